The van der Waals surface area contributed by atoms with Crippen molar-refractivity contribution in [1.82, 2.24) is 19.6 Å². The van der Waals surface area contributed by atoms with Crippen LogP contribution in [0.15, 0.2) is 0 Å². The summed E-state index contributed by atoms with van der Waals surface area (Å²) in [6.07, 6.45) is 0. The minimum absolute atomic E-state index is 0.130. The SMILES string of the molecule is CN1CCN(C)C1=O.CN1CCN(C)CC1. The first-order valence-corrected chi connectivity index (χ1v) is 5.84. The van der Waals surface area contributed by atoms with Gasteiger partial charge in [-0.3, -0.25) is 0 Å². The zero-order valence-corrected chi connectivity index (χ0v) is 10.9. The van der Waals surface area contributed by atoms with Crippen LogP contribution in [0.5, 0.6) is 0 Å². The number of rotatable bonds is 0. The van der Waals surface area contributed by atoms with Crippen molar-refractivity contribution in [3.8, 4) is 0 Å². The second-order valence-electron chi connectivity index (χ2n) is 4.73. The van der Waals surface area contributed by atoms with Crippen LogP contribution in [0.1, 0.15) is 0 Å². The van der Waals surface area contributed by atoms with Gasteiger partial charge in [0.05, 0.1) is 0 Å². The molecule has 2 fully saturated rings. The van der Waals surface area contributed by atoms with Gasteiger partial charge in [0.15, 0.2) is 0 Å². The van der Waals surface area contributed by atoms with Gasteiger partial charge in [-0.25, -0.2) is 4.79 Å². The van der Waals surface area contributed by atoms with E-state index in [1.807, 2.05) is 14.1 Å². The van der Waals surface area contributed by atoms with Crippen molar-refractivity contribution < 1.29 is 4.79 Å². The van der Waals surface area contributed by atoms with E-state index < -0.39 is 0 Å². The highest BCUT2D eigenvalue weighted by molar-refractivity contribution is 5.75. The maximum Gasteiger partial charge on any atom is 0.319 e. The van der Waals surface area contributed by atoms with Gasteiger partial charge in [-0.05, 0) is 14.1 Å². The van der Waals surface area contributed by atoms with E-state index in [4.69, 9.17) is 0 Å². The van der Waals surface area contributed by atoms with Gasteiger partial charge in [-0.15, -0.1) is 0 Å². The zero-order chi connectivity index (χ0) is 12.1. The van der Waals surface area contributed by atoms with Crippen LogP contribution in [0.2, 0.25) is 0 Å². The van der Waals surface area contributed by atoms with Gasteiger partial charge in [0, 0.05) is 53.4 Å². The number of carbonyl (C=O) groups excluding carboxylic acids is 1. The number of nitrogens with zero attached hydrogens (tertiary/aromatic N) is 4. The second-order valence-corrected chi connectivity index (χ2v) is 4.73. The number of urea groups is 1. The Balaban J connectivity index is 0.000000160. The molecular formula is C11H24N4O. The average molecular weight is 228 g/mol. The molecule has 5 heteroatoms. The summed E-state index contributed by atoms with van der Waals surface area (Å²) < 4.78 is 0. The third kappa shape index (κ3) is 3.98. The molecule has 2 aliphatic rings. The molecule has 0 saturated carbocycles. The van der Waals surface area contributed by atoms with E-state index in [9.17, 15) is 4.79 Å². The molecule has 0 bridgehead atoms. The van der Waals surface area contributed by atoms with Crippen LogP contribution in [0, 0.1) is 0 Å². The molecule has 0 aliphatic carbocycles. The maximum atomic E-state index is 10.8. The summed E-state index contributed by atoms with van der Waals surface area (Å²) >= 11 is 0. The number of hydrogen-bond acceptors (Lipinski definition) is 3. The van der Waals surface area contributed by atoms with Gasteiger partial charge in [0.1, 0.15) is 0 Å². The van der Waals surface area contributed by atoms with Crippen LogP contribution in [0.3, 0.4) is 0 Å². The van der Waals surface area contributed by atoms with Gasteiger partial charge in [0.2, 0.25) is 0 Å². The highest BCUT2D eigenvalue weighted by Gasteiger charge is 2.20. The van der Waals surface area contributed by atoms with Crippen LogP contribution in [-0.2, 0) is 0 Å². The Kier molecular flexibility index (Phi) is 5.02. The molecule has 0 radical (unpaired) electrons. The summed E-state index contributed by atoms with van der Waals surface area (Å²) in [4.78, 5) is 18.9. The van der Waals surface area contributed by atoms with Crippen molar-refractivity contribution in [3.05, 3.63) is 0 Å². The number of likely N-dealkylation sites (N-methyl/N-ethyl adjacent to an activating group) is 4. The first-order valence-electron chi connectivity index (χ1n) is 5.84. The van der Waals surface area contributed by atoms with Gasteiger partial charge in [0.25, 0.3) is 0 Å². The van der Waals surface area contributed by atoms with Gasteiger partial charge in [-0.1, -0.05) is 0 Å². The minimum Gasteiger partial charge on any atom is -0.326 e. The standard InChI is InChI=1S/C6H14N2.C5H10N2O/c1-7-3-5-8(2)6-4-7;1-6-3-4-7(2)5(6)8/h3-6H2,1-2H3;3-4H2,1-2H3. The molecule has 5 nitrogen and oxygen atoms in total. The maximum absolute atomic E-state index is 10.8. The number of piperazine rings is 1. The zero-order valence-electron chi connectivity index (χ0n) is 10.9. The van der Waals surface area contributed by atoms with Crippen LogP contribution in [0.4, 0.5) is 4.79 Å². The molecule has 2 rings (SSSR count). The molecule has 0 aromatic rings. The van der Waals surface area contributed by atoms with Crippen molar-refractivity contribution in [3.63, 3.8) is 0 Å². The van der Waals surface area contributed by atoms with E-state index in [1.165, 1.54) is 26.2 Å². The smallest absolute Gasteiger partial charge is 0.319 e. The topological polar surface area (TPSA) is 30.0 Å². The first-order chi connectivity index (χ1) is 7.50. The molecule has 16 heavy (non-hydrogen) atoms. The summed E-state index contributed by atoms with van der Waals surface area (Å²) in [5.74, 6) is 0. The number of carbonyl (C=O) groups is 1. The Bertz CT molecular complexity index is 204. The second kappa shape index (κ2) is 6.06. The molecule has 0 atom stereocenters. The lowest BCUT2D eigenvalue weighted by Crippen LogP contribution is -2.42. The molecule has 2 aliphatic heterocycles. The summed E-state index contributed by atoms with van der Waals surface area (Å²) in [7, 11) is 7.97. The molecule has 0 aromatic heterocycles. The van der Waals surface area contributed by atoms with Crippen molar-refractivity contribution in [1.29, 1.82) is 0 Å². The summed E-state index contributed by atoms with van der Waals surface area (Å²) in [6, 6.07) is 0.130. The summed E-state index contributed by atoms with van der Waals surface area (Å²) in [5.41, 5.74) is 0. The Morgan fingerprint density at radius 1 is 0.688 bits per heavy atom. The Morgan fingerprint density at radius 3 is 1.19 bits per heavy atom. The lowest BCUT2D eigenvalue weighted by Gasteiger charge is -2.28. The number of hydrogen-bond donors (Lipinski definition) is 0. The van der Waals surface area contributed by atoms with Crippen molar-refractivity contribution in [2.75, 3.05) is 67.5 Å². The van der Waals surface area contributed by atoms with Gasteiger partial charge >= 0.3 is 6.03 Å². The molecule has 2 amide bonds. The van der Waals surface area contributed by atoms with E-state index in [0.717, 1.165) is 13.1 Å². The Morgan fingerprint density at radius 2 is 1.00 bits per heavy atom. The third-order valence-corrected chi connectivity index (χ3v) is 3.15. The molecule has 2 heterocycles. The van der Waals surface area contributed by atoms with Crippen LogP contribution < -0.4 is 0 Å². The minimum atomic E-state index is 0.130. The highest BCUT2D eigenvalue weighted by atomic mass is 16.2. The average Bonchev–Trinajstić information content (AvgIpc) is 2.55. The van der Waals surface area contributed by atoms with Crippen molar-refractivity contribution >= 4 is 6.03 Å². The van der Waals surface area contributed by atoms with Crippen LogP contribution in [-0.4, -0.2) is 93.1 Å². The van der Waals surface area contributed by atoms with Crippen LogP contribution >= 0.6 is 0 Å². The first kappa shape index (κ1) is 13.3. The third-order valence-electron chi connectivity index (χ3n) is 3.15. The van der Waals surface area contributed by atoms with Gasteiger partial charge < -0.3 is 19.6 Å². The van der Waals surface area contributed by atoms with Crippen LogP contribution in [0.25, 0.3) is 0 Å². The largest absolute Gasteiger partial charge is 0.326 e. The normalized spacial score (nSPS) is 23.4. The molecular weight excluding hydrogens is 204 g/mol. The van der Waals surface area contributed by atoms with E-state index in [1.54, 1.807) is 9.80 Å². The fraction of sp³-hybridized carbons (Fsp3) is 0.909. The molecule has 0 unspecified atom stereocenters. The molecule has 94 valence electrons. The highest BCUT2D eigenvalue weighted by Crippen LogP contribution is 2.00. The molecule has 0 spiro atoms. The van der Waals surface area contributed by atoms with Crippen molar-refractivity contribution in [2.45, 2.75) is 0 Å². The molecule has 0 aromatic carbocycles. The van der Waals surface area contributed by atoms with E-state index in [2.05, 4.69) is 23.9 Å². The van der Waals surface area contributed by atoms with Gasteiger partial charge in [-0.2, -0.15) is 0 Å². The fourth-order valence-corrected chi connectivity index (χ4v) is 1.69. The van der Waals surface area contributed by atoms with E-state index in [-0.39, 0.29) is 6.03 Å². The predicted molar refractivity (Wildman–Crippen MR) is 65.7 cm³/mol. The summed E-state index contributed by atoms with van der Waals surface area (Å²) in [6.45, 7) is 6.67. The predicted octanol–water partition coefficient (Wildman–Crippen LogP) is -0.153. The quantitative estimate of drug-likeness (QED) is 0.577. The number of amides is 2. The van der Waals surface area contributed by atoms with Crippen molar-refractivity contribution in [2.24, 2.45) is 0 Å². The van der Waals surface area contributed by atoms with E-state index in [0.29, 0.717) is 0 Å². The van der Waals surface area contributed by atoms with E-state index >= 15 is 0 Å². The molecule has 0 N–H and O–H groups in total. The monoisotopic (exact) mass is 228 g/mol. The fourth-order valence-electron chi connectivity index (χ4n) is 1.69. The lowest BCUT2D eigenvalue weighted by atomic mass is 10.4. The Labute approximate surface area is 98.6 Å². The lowest BCUT2D eigenvalue weighted by molar-refractivity contribution is 0.181. The summed E-state index contributed by atoms with van der Waals surface area (Å²) in [5, 5.41) is 0. The molecule has 2 saturated heterocycles. The Hall–Kier alpha value is -0.810.